The van der Waals surface area contributed by atoms with Crippen molar-refractivity contribution >= 4 is 55.1 Å². The van der Waals surface area contributed by atoms with Crippen molar-refractivity contribution in [2.45, 2.75) is 43.9 Å². The maximum absolute atomic E-state index is 2.57. The fourth-order valence-corrected chi connectivity index (χ4v) is 15.6. The first-order valence-electron chi connectivity index (χ1n) is 27.4. The summed E-state index contributed by atoms with van der Waals surface area (Å²) in [5.74, 6) is 0. The lowest BCUT2D eigenvalue weighted by Crippen LogP contribution is -2.31. The molecule has 2 nitrogen and oxygen atoms in total. The highest BCUT2D eigenvalue weighted by atomic mass is 15.1. The van der Waals surface area contributed by atoms with Gasteiger partial charge in [-0.15, -0.1) is 0 Å². The van der Waals surface area contributed by atoms with Gasteiger partial charge >= 0.3 is 0 Å². The lowest BCUT2D eigenvalue weighted by molar-refractivity contribution is 0.631. The first-order valence-corrected chi connectivity index (χ1v) is 27.4. The Morgan fingerprint density at radius 3 is 1.17 bits per heavy atom. The molecule has 2 aliphatic heterocycles. The van der Waals surface area contributed by atoms with E-state index in [9.17, 15) is 0 Å². The minimum absolute atomic E-state index is 0.278. The molecule has 366 valence electrons. The van der Waals surface area contributed by atoms with Crippen LogP contribution in [0.2, 0.25) is 0 Å². The molecular weight excluding hydrogens is 929 g/mol. The maximum Gasteiger partial charge on any atom is 0.0731 e. The fourth-order valence-electron chi connectivity index (χ4n) is 15.6. The van der Waals surface area contributed by atoms with Gasteiger partial charge in [0.2, 0.25) is 0 Å². The van der Waals surface area contributed by atoms with E-state index in [2.05, 4.69) is 282 Å². The molecule has 0 bridgehead atoms. The first kappa shape index (κ1) is 44.3. The Hall–Kier alpha value is -8.98. The number of fused-ring (bicyclic) bond motifs is 18. The van der Waals surface area contributed by atoms with Gasteiger partial charge in [0, 0.05) is 47.7 Å². The van der Waals surface area contributed by atoms with Crippen LogP contribution in [-0.4, -0.2) is 14.1 Å². The Labute approximate surface area is 451 Å². The summed E-state index contributed by atoms with van der Waals surface area (Å²) in [7, 11) is 4.48. The van der Waals surface area contributed by atoms with Crippen LogP contribution < -0.4 is 9.80 Å². The molecule has 0 unspecified atom stereocenters. The van der Waals surface area contributed by atoms with Crippen LogP contribution in [0.5, 0.6) is 0 Å². The summed E-state index contributed by atoms with van der Waals surface area (Å²) in [5, 5.41) is 7.52. The predicted octanol–water partition coefficient (Wildman–Crippen LogP) is 19.3. The lowest BCUT2D eigenvalue weighted by atomic mass is 9.67. The van der Waals surface area contributed by atoms with Crippen molar-refractivity contribution in [1.82, 2.24) is 0 Å². The third-order valence-electron chi connectivity index (χ3n) is 18.8. The third kappa shape index (κ3) is 5.60. The van der Waals surface area contributed by atoms with Crippen molar-refractivity contribution in [3.63, 3.8) is 0 Å². The second-order valence-corrected chi connectivity index (χ2v) is 23.1. The Bertz CT molecular complexity index is 4350. The highest BCUT2D eigenvalue weighted by Gasteiger charge is 2.53. The number of hydrogen-bond donors (Lipinski definition) is 0. The number of nitrogens with zero attached hydrogens (tertiary/aromatic N) is 2. The molecule has 0 saturated heterocycles. The number of rotatable bonds is 3. The van der Waals surface area contributed by atoms with Gasteiger partial charge in [-0.1, -0.05) is 222 Å². The summed E-state index contributed by atoms with van der Waals surface area (Å²) < 4.78 is 0. The van der Waals surface area contributed by atoms with Crippen molar-refractivity contribution in [3.8, 4) is 55.6 Å². The van der Waals surface area contributed by atoms with Crippen molar-refractivity contribution < 1.29 is 0 Å². The molecule has 12 aromatic rings. The molecule has 77 heavy (non-hydrogen) atoms. The highest BCUT2D eigenvalue weighted by molar-refractivity contribution is 6.22. The summed E-state index contributed by atoms with van der Waals surface area (Å²) in [5.41, 5.74) is 27.5. The Morgan fingerprint density at radius 1 is 0.260 bits per heavy atom. The zero-order valence-electron chi connectivity index (χ0n) is 44.3. The van der Waals surface area contributed by atoms with Crippen molar-refractivity contribution in [2.24, 2.45) is 0 Å². The molecule has 0 atom stereocenters. The molecule has 0 fully saturated rings. The van der Waals surface area contributed by atoms with E-state index in [1.165, 1.54) is 155 Å². The van der Waals surface area contributed by atoms with E-state index >= 15 is 0 Å². The SMILES string of the molecule is CN1c2ccccc2C(C)(C)c2c(-c3cccc4c(-c5cc6ccccc6c6c5C5(c7ccccc7-c7ccccc75)c5ccccc5-6)c5cccc(-c6cccc7c6C(C)(C)c6ccccc6N7C)c5cc34)cccc21. The summed E-state index contributed by atoms with van der Waals surface area (Å²) in [6.45, 7) is 9.70. The van der Waals surface area contributed by atoms with Gasteiger partial charge in [0.05, 0.1) is 5.41 Å². The standard InChI is InChI=1S/C75H56N2/c1-73(2)62-37-15-17-39-64(62)76(5)66-41-21-32-53(70(66)73)47-28-19-30-51-56(47)44-57-48(54-33-22-42-67-71(54)74(3,4)63-38-16-18-40-65(63)77(67)6)29-20-31-52(57)68(51)58-43-45-23-7-8-24-46(45)69-55-27-11-14-36-61(55)75(72(58)69)59-34-12-9-25-49(59)50-26-10-13-35-60(50)75/h7-44H,1-6H3. The molecule has 12 aromatic carbocycles. The quantitative estimate of drug-likeness (QED) is 0.163. The fraction of sp³-hybridized carbons (Fsp3) is 0.120. The normalized spacial score (nSPS) is 15.4. The number of benzene rings is 12. The van der Waals surface area contributed by atoms with Gasteiger partial charge in [-0.25, -0.2) is 0 Å². The molecule has 0 amide bonds. The smallest absolute Gasteiger partial charge is 0.0731 e. The molecular formula is C75H56N2. The minimum atomic E-state index is -0.580. The van der Waals surface area contributed by atoms with Gasteiger partial charge in [-0.05, 0) is 169 Å². The number of para-hydroxylation sites is 2. The van der Waals surface area contributed by atoms with E-state index in [1.54, 1.807) is 0 Å². The summed E-state index contributed by atoms with van der Waals surface area (Å²) in [6, 6.07) is 88.4. The second kappa shape index (κ2) is 15.6. The molecule has 16 rings (SSSR count). The third-order valence-corrected chi connectivity index (χ3v) is 18.8. The lowest BCUT2D eigenvalue weighted by Gasteiger charge is -2.42. The number of hydrogen-bond acceptors (Lipinski definition) is 2. The largest absolute Gasteiger partial charge is 0.344 e. The van der Waals surface area contributed by atoms with E-state index in [4.69, 9.17) is 0 Å². The van der Waals surface area contributed by atoms with Gasteiger partial charge in [0.1, 0.15) is 0 Å². The molecule has 1 spiro atoms. The highest BCUT2D eigenvalue weighted by Crippen LogP contribution is 2.67. The molecule has 4 aliphatic rings. The van der Waals surface area contributed by atoms with Crippen LogP contribution in [0.4, 0.5) is 22.7 Å². The molecule has 0 radical (unpaired) electrons. The average Bonchev–Trinajstić information content (AvgIpc) is 4.17. The summed E-state index contributed by atoms with van der Waals surface area (Å²) >= 11 is 0. The van der Waals surface area contributed by atoms with Crippen LogP contribution in [0.15, 0.2) is 231 Å². The van der Waals surface area contributed by atoms with Gasteiger partial charge in [-0.3, -0.25) is 0 Å². The zero-order valence-corrected chi connectivity index (χ0v) is 44.3. The average molecular weight is 985 g/mol. The zero-order chi connectivity index (χ0) is 51.7. The molecule has 2 heterocycles. The van der Waals surface area contributed by atoms with Crippen molar-refractivity contribution in [1.29, 1.82) is 0 Å². The van der Waals surface area contributed by atoms with E-state index in [0.717, 1.165) is 0 Å². The van der Waals surface area contributed by atoms with Crippen LogP contribution in [0.25, 0.3) is 88.0 Å². The van der Waals surface area contributed by atoms with Crippen LogP contribution in [-0.2, 0) is 16.2 Å². The van der Waals surface area contributed by atoms with Gasteiger partial charge < -0.3 is 9.80 Å². The van der Waals surface area contributed by atoms with E-state index < -0.39 is 5.41 Å². The predicted molar refractivity (Wildman–Crippen MR) is 325 cm³/mol. The van der Waals surface area contributed by atoms with E-state index in [0.29, 0.717) is 0 Å². The summed E-state index contributed by atoms with van der Waals surface area (Å²) in [4.78, 5) is 4.82. The van der Waals surface area contributed by atoms with Crippen LogP contribution >= 0.6 is 0 Å². The molecule has 0 aromatic heterocycles. The molecule has 2 heteroatoms. The Kier molecular flexibility index (Phi) is 8.96. The number of anilines is 4. The van der Waals surface area contributed by atoms with Crippen molar-refractivity contribution in [3.05, 3.63) is 275 Å². The van der Waals surface area contributed by atoms with Gasteiger partial charge in [-0.2, -0.15) is 0 Å². The molecule has 0 saturated carbocycles. The Morgan fingerprint density at radius 2 is 0.636 bits per heavy atom. The van der Waals surface area contributed by atoms with E-state index in [1.807, 2.05) is 0 Å². The maximum atomic E-state index is 2.57. The summed E-state index contributed by atoms with van der Waals surface area (Å²) in [6.07, 6.45) is 0. The molecule has 2 aliphatic carbocycles. The van der Waals surface area contributed by atoms with Gasteiger partial charge in [0.25, 0.3) is 0 Å². The van der Waals surface area contributed by atoms with Gasteiger partial charge in [0.15, 0.2) is 0 Å². The van der Waals surface area contributed by atoms with Crippen LogP contribution in [0.3, 0.4) is 0 Å². The van der Waals surface area contributed by atoms with Crippen molar-refractivity contribution in [2.75, 3.05) is 23.9 Å². The van der Waals surface area contributed by atoms with Crippen LogP contribution in [0.1, 0.15) is 72.2 Å². The second-order valence-electron chi connectivity index (χ2n) is 23.1. The Balaban J connectivity index is 1.09. The monoisotopic (exact) mass is 984 g/mol. The van der Waals surface area contributed by atoms with E-state index in [-0.39, 0.29) is 10.8 Å². The minimum Gasteiger partial charge on any atom is -0.344 e. The molecule has 0 N–H and O–H groups in total. The van der Waals surface area contributed by atoms with Crippen LogP contribution in [0, 0.1) is 0 Å². The topological polar surface area (TPSA) is 6.48 Å². The first-order chi connectivity index (χ1) is 37.6.